The van der Waals surface area contributed by atoms with Crippen LogP contribution in [0.4, 0.5) is 0 Å². The van der Waals surface area contributed by atoms with Crippen LogP contribution in [-0.2, 0) is 0 Å². The Bertz CT molecular complexity index is 811. The monoisotopic (exact) mass is 257 g/mol. The van der Waals surface area contributed by atoms with Gasteiger partial charge in [0.15, 0.2) is 0 Å². The lowest BCUT2D eigenvalue weighted by Gasteiger charge is -1.98. The van der Waals surface area contributed by atoms with Crippen molar-refractivity contribution in [2.75, 3.05) is 0 Å². The molecular formula is C19H15N. The van der Waals surface area contributed by atoms with Crippen LogP contribution in [0.5, 0.6) is 0 Å². The van der Waals surface area contributed by atoms with Crippen LogP contribution in [0.2, 0.25) is 0 Å². The highest BCUT2D eigenvalue weighted by molar-refractivity contribution is 5.86. The highest BCUT2D eigenvalue weighted by atomic mass is 14.9. The fraction of sp³-hybridized carbons (Fsp3) is 0.0526. The molecule has 20 heavy (non-hydrogen) atoms. The van der Waals surface area contributed by atoms with Gasteiger partial charge in [-0.3, -0.25) is 0 Å². The number of nitrogens with zero attached hydrogens (tertiary/aromatic N) is 1. The number of hydrogen-bond acceptors (Lipinski definition) is 0. The van der Waals surface area contributed by atoms with Crippen molar-refractivity contribution in [3.05, 3.63) is 71.4 Å². The van der Waals surface area contributed by atoms with Gasteiger partial charge in [0.25, 0.3) is 0 Å². The lowest BCUT2D eigenvalue weighted by molar-refractivity contribution is 1.22. The average Bonchev–Trinajstić information content (AvgIpc) is 2.83. The van der Waals surface area contributed by atoms with E-state index in [0.29, 0.717) is 0 Å². The van der Waals surface area contributed by atoms with Crippen LogP contribution in [0, 0.1) is 19.3 Å². The minimum Gasteiger partial charge on any atom is -0.323 e. The molecule has 1 heteroatoms. The smallest absolute Gasteiger partial charge is 0.0525 e. The Morgan fingerprint density at radius 1 is 1.05 bits per heavy atom. The first-order valence-electron chi connectivity index (χ1n) is 6.59. The van der Waals surface area contributed by atoms with E-state index in [2.05, 4.69) is 60.1 Å². The number of terminal acetylenes is 1. The first kappa shape index (κ1) is 12.3. The average molecular weight is 257 g/mol. The van der Waals surface area contributed by atoms with E-state index >= 15 is 0 Å². The molecule has 0 unspecified atom stereocenters. The SMILES string of the molecule is C#Cc1ccc(/C=C\n2cc(C)c3ccccc32)cc1. The van der Waals surface area contributed by atoms with Crippen molar-refractivity contribution in [1.82, 2.24) is 4.57 Å². The molecule has 1 heterocycles. The summed E-state index contributed by atoms with van der Waals surface area (Å²) in [6.07, 6.45) is 11.7. The summed E-state index contributed by atoms with van der Waals surface area (Å²) in [7, 11) is 0. The molecular weight excluding hydrogens is 242 g/mol. The van der Waals surface area contributed by atoms with Gasteiger partial charge in [-0.25, -0.2) is 0 Å². The lowest BCUT2D eigenvalue weighted by atomic mass is 10.1. The highest BCUT2D eigenvalue weighted by Gasteiger charge is 2.01. The zero-order chi connectivity index (χ0) is 13.9. The second-order valence-electron chi connectivity index (χ2n) is 4.82. The van der Waals surface area contributed by atoms with Crippen molar-refractivity contribution in [3.63, 3.8) is 0 Å². The van der Waals surface area contributed by atoms with E-state index in [1.165, 1.54) is 16.5 Å². The molecule has 1 nitrogen and oxygen atoms in total. The van der Waals surface area contributed by atoms with Crippen molar-refractivity contribution in [2.24, 2.45) is 0 Å². The van der Waals surface area contributed by atoms with Crippen LogP contribution in [0.3, 0.4) is 0 Å². The Balaban J connectivity index is 1.96. The van der Waals surface area contributed by atoms with Gasteiger partial charge >= 0.3 is 0 Å². The summed E-state index contributed by atoms with van der Waals surface area (Å²) in [6.45, 7) is 2.13. The van der Waals surface area contributed by atoms with Crippen LogP contribution < -0.4 is 0 Å². The second kappa shape index (κ2) is 5.11. The van der Waals surface area contributed by atoms with Crippen molar-refractivity contribution in [2.45, 2.75) is 6.92 Å². The summed E-state index contributed by atoms with van der Waals surface area (Å²) < 4.78 is 2.15. The Morgan fingerprint density at radius 2 is 1.80 bits per heavy atom. The molecule has 1 aromatic heterocycles. The van der Waals surface area contributed by atoms with E-state index in [-0.39, 0.29) is 0 Å². The Labute approximate surface area is 119 Å². The molecule has 0 aliphatic rings. The molecule has 0 aliphatic heterocycles. The van der Waals surface area contributed by atoms with Gasteiger partial charge in [-0.2, -0.15) is 0 Å². The summed E-state index contributed by atoms with van der Waals surface area (Å²) in [4.78, 5) is 0. The maximum atomic E-state index is 5.36. The van der Waals surface area contributed by atoms with Gasteiger partial charge in [0, 0.05) is 23.3 Å². The number of aryl methyl sites for hydroxylation is 1. The zero-order valence-corrected chi connectivity index (χ0v) is 11.4. The molecule has 0 aliphatic carbocycles. The van der Waals surface area contributed by atoms with Gasteiger partial charge in [-0.05, 0) is 42.3 Å². The van der Waals surface area contributed by atoms with E-state index in [1.807, 2.05) is 24.3 Å². The number of para-hydroxylation sites is 1. The van der Waals surface area contributed by atoms with E-state index in [4.69, 9.17) is 6.42 Å². The van der Waals surface area contributed by atoms with Gasteiger partial charge in [-0.15, -0.1) is 6.42 Å². The molecule has 3 rings (SSSR count). The standard InChI is InChI=1S/C19H15N/c1-3-16-8-10-17(11-9-16)12-13-20-14-15(2)18-6-4-5-7-19(18)20/h1,4-14H,2H3/b13-12-. The molecule has 96 valence electrons. The maximum absolute atomic E-state index is 5.36. The number of rotatable bonds is 2. The van der Waals surface area contributed by atoms with E-state index in [1.54, 1.807) is 0 Å². The summed E-state index contributed by atoms with van der Waals surface area (Å²) in [5, 5.41) is 1.29. The molecule has 0 amide bonds. The minimum atomic E-state index is 0.907. The van der Waals surface area contributed by atoms with Gasteiger partial charge < -0.3 is 4.57 Å². The van der Waals surface area contributed by atoms with E-state index < -0.39 is 0 Å². The third-order valence-electron chi connectivity index (χ3n) is 3.44. The molecule has 3 aromatic rings. The molecule has 2 aromatic carbocycles. The first-order valence-corrected chi connectivity index (χ1v) is 6.59. The highest BCUT2D eigenvalue weighted by Crippen LogP contribution is 2.21. The third kappa shape index (κ3) is 2.24. The lowest BCUT2D eigenvalue weighted by Crippen LogP contribution is -1.82. The topological polar surface area (TPSA) is 4.93 Å². The minimum absolute atomic E-state index is 0.907. The van der Waals surface area contributed by atoms with Crippen LogP contribution in [-0.4, -0.2) is 4.57 Å². The number of benzene rings is 2. The molecule has 0 saturated heterocycles. The van der Waals surface area contributed by atoms with Gasteiger partial charge in [-0.1, -0.05) is 36.3 Å². The van der Waals surface area contributed by atoms with Crippen LogP contribution in [0.1, 0.15) is 16.7 Å². The zero-order valence-electron chi connectivity index (χ0n) is 11.4. The summed E-state index contributed by atoms with van der Waals surface area (Å²) in [5.41, 5.74) is 4.55. The Morgan fingerprint density at radius 3 is 2.55 bits per heavy atom. The normalized spacial score (nSPS) is 11.0. The van der Waals surface area contributed by atoms with Crippen LogP contribution >= 0.6 is 0 Å². The number of fused-ring (bicyclic) bond motifs is 1. The van der Waals surface area contributed by atoms with Crippen LogP contribution in [0.15, 0.2) is 54.7 Å². The van der Waals surface area contributed by atoms with Crippen molar-refractivity contribution < 1.29 is 0 Å². The number of aromatic nitrogens is 1. The summed E-state index contributed by atoms with van der Waals surface area (Å²) in [5.74, 6) is 2.63. The largest absolute Gasteiger partial charge is 0.323 e. The molecule has 0 bridgehead atoms. The van der Waals surface area contributed by atoms with Gasteiger partial charge in [0.1, 0.15) is 0 Å². The van der Waals surface area contributed by atoms with Gasteiger partial charge in [0.2, 0.25) is 0 Å². The van der Waals surface area contributed by atoms with Crippen LogP contribution in [0.25, 0.3) is 23.2 Å². The van der Waals surface area contributed by atoms with Gasteiger partial charge in [0.05, 0.1) is 5.52 Å². The summed E-state index contributed by atoms with van der Waals surface area (Å²) in [6, 6.07) is 16.4. The Kier molecular flexibility index (Phi) is 3.15. The predicted molar refractivity (Wildman–Crippen MR) is 86.3 cm³/mol. The molecule has 0 atom stereocenters. The maximum Gasteiger partial charge on any atom is 0.0525 e. The van der Waals surface area contributed by atoms with E-state index in [0.717, 1.165) is 11.1 Å². The Hall–Kier alpha value is -2.72. The van der Waals surface area contributed by atoms with Crippen molar-refractivity contribution in [1.29, 1.82) is 0 Å². The fourth-order valence-electron chi connectivity index (χ4n) is 2.36. The summed E-state index contributed by atoms with van der Waals surface area (Å²) >= 11 is 0. The third-order valence-corrected chi connectivity index (χ3v) is 3.44. The molecule has 0 fully saturated rings. The van der Waals surface area contributed by atoms with Crippen molar-refractivity contribution >= 4 is 23.2 Å². The quantitative estimate of drug-likeness (QED) is 0.593. The molecule has 0 spiro atoms. The fourth-order valence-corrected chi connectivity index (χ4v) is 2.36. The first-order chi connectivity index (χ1) is 9.78. The molecule has 0 radical (unpaired) electrons. The van der Waals surface area contributed by atoms with Crippen molar-refractivity contribution in [3.8, 4) is 12.3 Å². The predicted octanol–water partition coefficient (Wildman–Crippen LogP) is 4.56. The second-order valence-corrected chi connectivity index (χ2v) is 4.82. The molecule has 0 N–H and O–H groups in total. The molecule has 0 saturated carbocycles. The van der Waals surface area contributed by atoms with E-state index in [9.17, 15) is 0 Å². The number of hydrogen-bond donors (Lipinski definition) is 0.